The van der Waals surface area contributed by atoms with Crippen molar-refractivity contribution in [1.82, 2.24) is 20.5 Å². The smallest absolute Gasteiger partial charge is 0.408 e. The van der Waals surface area contributed by atoms with Gasteiger partial charge in [-0.15, -0.1) is 0 Å². The summed E-state index contributed by atoms with van der Waals surface area (Å²) in [4.78, 5) is 60.3. The molecule has 1 saturated heterocycles. The van der Waals surface area contributed by atoms with E-state index >= 15 is 0 Å². The van der Waals surface area contributed by atoms with E-state index in [2.05, 4.69) is 15.6 Å². The minimum absolute atomic E-state index is 0.0378. The average molecular weight is 637 g/mol. The summed E-state index contributed by atoms with van der Waals surface area (Å²) in [7, 11) is 1.32. The summed E-state index contributed by atoms with van der Waals surface area (Å²) in [5.74, 6) is -1.37. The quantitative estimate of drug-likeness (QED) is 0.360. The van der Waals surface area contributed by atoms with Crippen LogP contribution in [0, 0.1) is 11.8 Å². The molecule has 46 heavy (non-hydrogen) atoms. The topological polar surface area (TPSA) is 136 Å². The first kappa shape index (κ1) is 33.6. The lowest BCUT2D eigenvalue weighted by atomic mass is 9.83. The molecule has 0 bridgehead atoms. The Hall–Kier alpha value is -3.73. The van der Waals surface area contributed by atoms with Gasteiger partial charge in [0.15, 0.2) is 0 Å². The van der Waals surface area contributed by atoms with Gasteiger partial charge in [0, 0.05) is 30.1 Å². The van der Waals surface area contributed by atoms with Crippen LogP contribution in [0.5, 0.6) is 0 Å². The number of hydrogen-bond donors (Lipinski definition) is 2. The van der Waals surface area contributed by atoms with E-state index in [0.29, 0.717) is 12.8 Å². The highest BCUT2D eigenvalue weighted by Crippen LogP contribution is 2.47. The fourth-order valence-electron chi connectivity index (χ4n) is 7.13. The Bertz CT molecular complexity index is 1430. The molecule has 5 rings (SSSR count). The Balaban J connectivity index is 1.39. The number of aromatic nitrogens is 1. The number of carbonyl (C=O) groups excluding carboxylic acids is 4. The molecule has 0 spiro atoms. The number of hydrogen-bond acceptors (Lipinski definition) is 8. The van der Waals surface area contributed by atoms with Crippen molar-refractivity contribution >= 4 is 34.8 Å². The number of para-hydroxylation sites is 1. The van der Waals surface area contributed by atoms with Crippen LogP contribution in [0.25, 0.3) is 10.9 Å². The third-order valence-corrected chi connectivity index (χ3v) is 9.59. The average Bonchev–Trinajstić information content (AvgIpc) is 3.58. The first-order chi connectivity index (χ1) is 22.0. The van der Waals surface area contributed by atoms with E-state index in [1.54, 1.807) is 27.0 Å². The lowest BCUT2D eigenvalue weighted by Crippen LogP contribution is -2.58. The standard InChI is InChI=1S/C35H48N4O7/c1-6-25-19-35(25,32(42)44-5)38-30(40)27-18-26(45-21-24-15-10-14-22-16-11-17-36-28(22)24)20-39(27)31(41)29(23-12-8-7-9-13-23)37-33(43)46-34(2,3)4/h10-11,14-17,23,25-27,29H,6-9,12-13,18-21H2,1-5H3,(H,37,43)(H,38,40)/t25?,26-,27+,29+,35-/m1/s1. The molecule has 11 nitrogen and oxygen atoms in total. The maximum atomic E-state index is 14.5. The summed E-state index contributed by atoms with van der Waals surface area (Å²) < 4.78 is 17.0. The molecule has 5 atom stereocenters. The fourth-order valence-corrected chi connectivity index (χ4v) is 7.13. The second kappa shape index (κ2) is 13.9. The van der Waals surface area contributed by atoms with Crippen LogP contribution >= 0.6 is 0 Å². The number of nitrogens with one attached hydrogen (secondary N) is 2. The number of ether oxygens (including phenoxy) is 3. The van der Waals surface area contributed by atoms with Crippen LogP contribution in [0.1, 0.15) is 84.6 Å². The van der Waals surface area contributed by atoms with Crippen molar-refractivity contribution in [3.05, 3.63) is 42.1 Å². The molecule has 2 saturated carbocycles. The molecule has 1 aliphatic heterocycles. The molecule has 0 radical (unpaired) electrons. The van der Waals surface area contributed by atoms with Crippen LogP contribution in [-0.4, -0.2) is 76.7 Å². The van der Waals surface area contributed by atoms with Crippen molar-refractivity contribution in [3.63, 3.8) is 0 Å². The lowest BCUT2D eigenvalue weighted by Gasteiger charge is -2.35. The summed E-state index contributed by atoms with van der Waals surface area (Å²) >= 11 is 0. The van der Waals surface area contributed by atoms with Crippen molar-refractivity contribution in [2.24, 2.45) is 11.8 Å². The number of carbonyl (C=O) groups is 4. The van der Waals surface area contributed by atoms with E-state index in [0.717, 1.165) is 48.6 Å². The summed E-state index contributed by atoms with van der Waals surface area (Å²) in [5, 5.41) is 6.83. The number of rotatable bonds is 10. The summed E-state index contributed by atoms with van der Waals surface area (Å²) in [5.41, 5.74) is -0.0919. The van der Waals surface area contributed by atoms with E-state index in [1.807, 2.05) is 37.3 Å². The third-order valence-electron chi connectivity index (χ3n) is 9.59. The number of alkyl carbamates (subject to hydrolysis) is 1. The second-order valence-electron chi connectivity index (χ2n) is 14.0. The van der Waals surface area contributed by atoms with Gasteiger partial charge in [0.05, 0.1) is 25.3 Å². The highest BCUT2D eigenvalue weighted by atomic mass is 16.6. The van der Waals surface area contributed by atoms with E-state index in [9.17, 15) is 19.2 Å². The lowest BCUT2D eigenvalue weighted by molar-refractivity contribution is -0.148. The SMILES string of the molecule is CCC1C[C@]1(NC(=O)[C@@H]1C[C@@H](OCc2cccc3cccnc23)CN1C(=O)[C@@H](NC(=O)OC(C)(C)C)C1CCCCC1)C(=O)OC. The molecular formula is C35H48N4O7. The van der Waals surface area contributed by atoms with E-state index in [-0.39, 0.29) is 37.3 Å². The highest BCUT2D eigenvalue weighted by Gasteiger charge is 2.62. The first-order valence-corrected chi connectivity index (χ1v) is 16.6. The van der Waals surface area contributed by atoms with Crippen LogP contribution in [-0.2, 0) is 35.2 Å². The maximum Gasteiger partial charge on any atom is 0.408 e. The molecule has 3 aliphatic rings. The van der Waals surface area contributed by atoms with Crippen LogP contribution in [0.15, 0.2) is 36.5 Å². The molecule has 1 aromatic heterocycles. The van der Waals surface area contributed by atoms with Crippen LogP contribution in [0.2, 0.25) is 0 Å². The predicted octanol–water partition coefficient (Wildman–Crippen LogP) is 4.65. The van der Waals surface area contributed by atoms with Crippen molar-refractivity contribution in [1.29, 1.82) is 0 Å². The zero-order chi connectivity index (χ0) is 33.1. The van der Waals surface area contributed by atoms with Crippen LogP contribution < -0.4 is 10.6 Å². The zero-order valence-corrected chi connectivity index (χ0v) is 27.7. The first-order valence-electron chi connectivity index (χ1n) is 16.6. The van der Waals surface area contributed by atoms with Crippen LogP contribution in [0.3, 0.4) is 0 Å². The van der Waals surface area contributed by atoms with E-state index < -0.39 is 47.3 Å². The number of esters is 1. The van der Waals surface area contributed by atoms with E-state index in [4.69, 9.17) is 14.2 Å². The Kier molecular flexibility index (Phi) is 10.2. The summed E-state index contributed by atoms with van der Waals surface area (Å²) in [6.07, 6.45) is 6.62. The summed E-state index contributed by atoms with van der Waals surface area (Å²) in [6.45, 7) is 7.71. The molecule has 3 amide bonds. The number of fused-ring (bicyclic) bond motifs is 1. The molecule has 3 fully saturated rings. The maximum absolute atomic E-state index is 14.5. The minimum atomic E-state index is -1.10. The molecule has 11 heteroatoms. The highest BCUT2D eigenvalue weighted by molar-refractivity contribution is 5.96. The predicted molar refractivity (Wildman–Crippen MR) is 171 cm³/mol. The van der Waals surface area contributed by atoms with Gasteiger partial charge >= 0.3 is 12.1 Å². The van der Waals surface area contributed by atoms with Gasteiger partial charge in [-0.2, -0.15) is 0 Å². The Labute approximate surface area is 271 Å². The largest absolute Gasteiger partial charge is 0.467 e. The van der Waals surface area contributed by atoms with Crippen molar-refractivity contribution in [3.8, 4) is 0 Å². The fraction of sp³-hybridized carbons (Fsp3) is 0.629. The van der Waals surface area contributed by atoms with Gasteiger partial charge in [0.1, 0.15) is 23.2 Å². The molecule has 1 aromatic carbocycles. The van der Waals surface area contributed by atoms with Crippen molar-refractivity contribution < 1.29 is 33.4 Å². The molecule has 2 heterocycles. The molecule has 250 valence electrons. The number of likely N-dealkylation sites (tertiary alicyclic amines) is 1. The molecule has 2 aromatic rings. The third kappa shape index (κ3) is 7.45. The zero-order valence-electron chi connectivity index (χ0n) is 27.7. The normalized spacial score (nSPS) is 25.5. The van der Waals surface area contributed by atoms with Gasteiger partial charge in [-0.1, -0.05) is 56.9 Å². The monoisotopic (exact) mass is 636 g/mol. The number of benzene rings is 1. The summed E-state index contributed by atoms with van der Waals surface area (Å²) in [6, 6.07) is 8.02. The second-order valence-corrected chi connectivity index (χ2v) is 14.0. The van der Waals surface area contributed by atoms with Gasteiger partial charge in [0.25, 0.3) is 0 Å². The Morgan fingerprint density at radius 1 is 1.09 bits per heavy atom. The molecule has 2 N–H and O–H groups in total. The van der Waals surface area contributed by atoms with Gasteiger partial charge in [0.2, 0.25) is 11.8 Å². The molecular weight excluding hydrogens is 588 g/mol. The van der Waals surface area contributed by atoms with Gasteiger partial charge in [-0.25, -0.2) is 9.59 Å². The minimum Gasteiger partial charge on any atom is -0.467 e. The van der Waals surface area contributed by atoms with Gasteiger partial charge in [-0.05, 0) is 57.9 Å². The molecule has 2 aliphatic carbocycles. The Morgan fingerprint density at radius 2 is 1.83 bits per heavy atom. The van der Waals surface area contributed by atoms with Gasteiger partial charge < -0.3 is 29.7 Å². The van der Waals surface area contributed by atoms with Crippen molar-refractivity contribution in [2.45, 2.75) is 115 Å². The number of pyridine rings is 1. The number of amides is 3. The number of methoxy groups -OCH3 is 1. The van der Waals surface area contributed by atoms with Crippen LogP contribution in [0.4, 0.5) is 4.79 Å². The Morgan fingerprint density at radius 3 is 2.50 bits per heavy atom. The number of nitrogens with zero attached hydrogens (tertiary/aromatic N) is 2. The van der Waals surface area contributed by atoms with Gasteiger partial charge in [-0.3, -0.25) is 14.6 Å². The molecule has 1 unspecified atom stereocenters. The van der Waals surface area contributed by atoms with E-state index in [1.165, 1.54) is 12.0 Å². The van der Waals surface area contributed by atoms with Crippen molar-refractivity contribution in [2.75, 3.05) is 13.7 Å².